The minimum Gasteiger partial charge on any atom is -0.312 e. The summed E-state index contributed by atoms with van der Waals surface area (Å²) in [5, 5.41) is 9.57. The normalized spacial score (nSPS) is 12.9. The maximum Gasteiger partial charge on any atom is 0.0795 e. The second-order valence-electron chi connectivity index (χ2n) is 3.74. The van der Waals surface area contributed by atoms with E-state index in [0.717, 1.165) is 18.5 Å². The van der Waals surface area contributed by atoms with E-state index < -0.39 is 0 Å². The zero-order valence-electron chi connectivity index (χ0n) is 9.55. The van der Waals surface area contributed by atoms with Crippen molar-refractivity contribution in [2.75, 3.05) is 7.05 Å². The van der Waals surface area contributed by atoms with Gasteiger partial charge in [0.05, 0.1) is 17.2 Å². The molecule has 0 aliphatic carbocycles. The molecule has 2 rings (SSSR count). The Hall–Kier alpha value is -1.20. The van der Waals surface area contributed by atoms with Crippen LogP contribution in [0.2, 0.25) is 0 Å². The van der Waals surface area contributed by atoms with Gasteiger partial charge in [0, 0.05) is 24.3 Å². The van der Waals surface area contributed by atoms with E-state index in [2.05, 4.69) is 26.8 Å². The second kappa shape index (κ2) is 5.23. The van der Waals surface area contributed by atoms with Crippen LogP contribution in [0.3, 0.4) is 0 Å². The number of nitrogens with zero attached hydrogens (tertiary/aromatic N) is 3. The summed E-state index contributed by atoms with van der Waals surface area (Å²) in [6.07, 6.45) is 3.89. The average molecular weight is 236 g/mol. The molecule has 0 aromatic carbocycles. The molecule has 0 saturated carbocycles. The van der Waals surface area contributed by atoms with Gasteiger partial charge in [0.25, 0.3) is 0 Å². The predicted molar refractivity (Wildman–Crippen MR) is 65.4 cm³/mol. The summed E-state index contributed by atoms with van der Waals surface area (Å²) in [5.41, 5.74) is 4.27. The highest BCUT2D eigenvalue weighted by Crippen LogP contribution is 2.18. The van der Waals surface area contributed by atoms with Gasteiger partial charge in [-0.3, -0.25) is 4.68 Å². The Morgan fingerprint density at radius 3 is 3.00 bits per heavy atom. The van der Waals surface area contributed by atoms with E-state index in [-0.39, 0.29) is 0 Å². The van der Waals surface area contributed by atoms with Gasteiger partial charge >= 0.3 is 0 Å². The van der Waals surface area contributed by atoms with Crippen molar-refractivity contribution in [2.45, 2.75) is 18.9 Å². The lowest BCUT2D eigenvalue weighted by molar-refractivity contribution is 0.526. The van der Waals surface area contributed by atoms with Crippen LogP contribution in [-0.4, -0.2) is 21.8 Å². The standard InChI is InChI=1S/C11H16N4S/c1-12-10(11-7-16-8-13-11)4-3-9-5-6-14-15(9)2/h5-8,10,12H,3-4H2,1-2H3. The third-order valence-electron chi connectivity index (χ3n) is 2.77. The van der Waals surface area contributed by atoms with Crippen molar-refractivity contribution in [2.24, 2.45) is 7.05 Å². The highest BCUT2D eigenvalue weighted by Gasteiger charge is 2.11. The lowest BCUT2D eigenvalue weighted by Crippen LogP contribution is -2.17. The van der Waals surface area contributed by atoms with Crippen LogP contribution in [0.5, 0.6) is 0 Å². The lowest BCUT2D eigenvalue weighted by Gasteiger charge is -2.13. The molecule has 1 unspecified atom stereocenters. The zero-order chi connectivity index (χ0) is 11.4. The maximum absolute atomic E-state index is 4.34. The fourth-order valence-electron chi connectivity index (χ4n) is 1.77. The molecule has 86 valence electrons. The highest BCUT2D eigenvalue weighted by molar-refractivity contribution is 7.07. The minimum absolute atomic E-state index is 0.334. The second-order valence-corrected chi connectivity index (χ2v) is 4.46. The van der Waals surface area contributed by atoms with E-state index in [4.69, 9.17) is 0 Å². The fraction of sp³-hybridized carbons (Fsp3) is 0.455. The number of thiazole rings is 1. The van der Waals surface area contributed by atoms with Crippen LogP contribution in [0.4, 0.5) is 0 Å². The number of hydrogen-bond donors (Lipinski definition) is 1. The first-order chi connectivity index (χ1) is 7.81. The van der Waals surface area contributed by atoms with E-state index in [9.17, 15) is 0 Å². The minimum atomic E-state index is 0.334. The van der Waals surface area contributed by atoms with Crippen LogP contribution in [0, 0.1) is 0 Å². The molecular formula is C11H16N4S. The van der Waals surface area contributed by atoms with Crippen LogP contribution in [-0.2, 0) is 13.5 Å². The van der Waals surface area contributed by atoms with Crippen LogP contribution < -0.4 is 5.32 Å². The smallest absolute Gasteiger partial charge is 0.0795 e. The van der Waals surface area contributed by atoms with Gasteiger partial charge in [-0.15, -0.1) is 11.3 Å². The van der Waals surface area contributed by atoms with Crippen LogP contribution in [0.1, 0.15) is 23.9 Å². The van der Waals surface area contributed by atoms with Gasteiger partial charge in [-0.1, -0.05) is 0 Å². The third-order valence-corrected chi connectivity index (χ3v) is 3.37. The molecule has 0 amide bonds. The maximum atomic E-state index is 4.34. The van der Waals surface area contributed by atoms with E-state index in [1.54, 1.807) is 11.3 Å². The molecule has 2 aromatic heterocycles. The van der Waals surface area contributed by atoms with E-state index >= 15 is 0 Å². The Kier molecular flexibility index (Phi) is 3.69. The van der Waals surface area contributed by atoms with Crippen molar-refractivity contribution in [3.05, 3.63) is 34.5 Å². The topological polar surface area (TPSA) is 42.7 Å². The zero-order valence-corrected chi connectivity index (χ0v) is 10.4. The molecule has 2 aromatic rings. The Balaban J connectivity index is 1.96. The lowest BCUT2D eigenvalue weighted by atomic mass is 10.1. The Morgan fingerprint density at radius 1 is 1.56 bits per heavy atom. The molecule has 0 saturated heterocycles. The molecule has 1 atom stereocenters. The number of rotatable bonds is 5. The summed E-state index contributed by atoms with van der Waals surface area (Å²) in [4.78, 5) is 4.34. The van der Waals surface area contributed by atoms with Crippen LogP contribution >= 0.6 is 11.3 Å². The molecule has 5 heteroatoms. The van der Waals surface area contributed by atoms with Crippen molar-refractivity contribution in [3.63, 3.8) is 0 Å². The van der Waals surface area contributed by atoms with Gasteiger partial charge < -0.3 is 5.32 Å². The van der Waals surface area contributed by atoms with Gasteiger partial charge in [0.1, 0.15) is 0 Å². The molecule has 0 radical (unpaired) electrons. The van der Waals surface area contributed by atoms with Crippen LogP contribution in [0.25, 0.3) is 0 Å². The predicted octanol–water partition coefficient (Wildman–Crippen LogP) is 1.77. The van der Waals surface area contributed by atoms with E-state index in [1.165, 1.54) is 5.69 Å². The fourth-order valence-corrected chi connectivity index (χ4v) is 2.38. The van der Waals surface area contributed by atoms with Crippen molar-refractivity contribution < 1.29 is 0 Å². The number of hydrogen-bond acceptors (Lipinski definition) is 4. The van der Waals surface area contributed by atoms with Gasteiger partial charge in [-0.2, -0.15) is 5.10 Å². The first-order valence-electron chi connectivity index (χ1n) is 5.33. The quantitative estimate of drug-likeness (QED) is 0.860. The molecule has 16 heavy (non-hydrogen) atoms. The Bertz CT molecular complexity index is 421. The average Bonchev–Trinajstić information content (AvgIpc) is 2.92. The van der Waals surface area contributed by atoms with E-state index in [1.807, 2.05) is 30.5 Å². The first-order valence-corrected chi connectivity index (χ1v) is 6.27. The summed E-state index contributed by atoms with van der Waals surface area (Å²) in [6.45, 7) is 0. The summed E-state index contributed by atoms with van der Waals surface area (Å²) in [5.74, 6) is 0. The SMILES string of the molecule is CNC(CCc1ccnn1C)c1cscn1. The van der Waals surface area contributed by atoms with Gasteiger partial charge in [0.2, 0.25) is 0 Å². The summed E-state index contributed by atoms with van der Waals surface area (Å²) in [6, 6.07) is 2.40. The number of nitrogens with one attached hydrogen (secondary N) is 1. The molecule has 0 aliphatic rings. The van der Waals surface area contributed by atoms with E-state index in [0.29, 0.717) is 6.04 Å². The Morgan fingerprint density at radius 2 is 2.44 bits per heavy atom. The largest absolute Gasteiger partial charge is 0.312 e. The van der Waals surface area contributed by atoms with Crippen molar-refractivity contribution >= 4 is 11.3 Å². The van der Waals surface area contributed by atoms with Gasteiger partial charge in [-0.25, -0.2) is 4.98 Å². The van der Waals surface area contributed by atoms with Crippen molar-refractivity contribution in [1.82, 2.24) is 20.1 Å². The summed E-state index contributed by atoms with van der Waals surface area (Å²) in [7, 11) is 3.96. The van der Waals surface area contributed by atoms with Gasteiger partial charge in [0.15, 0.2) is 0 Å². The first kappa shape index (κ1) is 11.3. The van der Waals surface area contributed by atoms with Gasteiger partial charge in [-0.05, 0) is 26.0 Å². The van der Waals surface area contributed by atoms with Crippen molar-refractivity contribution in [1.29, 1.82) is 0 Å². The number of aromatic nitrogens is 3. The molecule has 0 aliphatic heterocycles. The van der Waals surface area contributed by atoms with Crippen molar-refractivity contribution in [3.8, 4) is 0 Å². The Labute approximate surface area is 99.3 Å². The molecular weight excluding hydrogens is 220 g/mol. The molecule has 4 nitrogen and oxygen atoms in total. The molecule has 0 bridgehead atoms. The summed E-state index contributed by atoms with van der Waals surface area (Å²) < 4.78 is 1.92. The molecule has 0 fully saturated rings. The number of aryl methyl sites for hydroxylation is 2. The molecule has 1 N–H and O–H groups in total. The highest BCUT2D eigenvalue weighted by atomic mass is 32.1. The summed E-state index contributed by atoms with van der Waals surface area (Å²) >= 11 is 1.64. The molecule has 2 heterocycles. The molecule has 0 spiro atoms. The third kappa shape index (κ3) is 2.48. The monoisotopic (exact) mass is 236 g/mol. The van der Waals surface area contributed by atoms with Crippen LogP contribution in [0.15, 0.2) is 23.2 Å².